The summed E-state index contributed by atoms with van der Waals surface area (Å²) in [6, 6.07) is 23.0. The zero-order valence-electron chi connectivity index (χ0n) is 18.9. The van der Waals surface area contributed by atoms with Crippen molar-refractivity contribution < 1.29 is 0 Å². The van der Waals surface area contributed by atoms with Gasteiger partial charge in [0.2, 0.25) is 0 Å². The second-order valence-corrected chi connectivity index (χ2v) is 9.08. The summed E-state index contributed by atoms with van der Waals surface area (Å²) in [5.41, 5.74) is 12.2. The van der Waals surface area contributed by atoms with E-state index in [1.54, 1.807) is 6.20 Å². The number of hydrogen-bond acceptors (Lipinski definition) is 5. The standard InChI is InChI=1S/C27H27ClN6/c28-26-23-16-22(19-4-2-1-3-5-19)25(32-24(23)10-13-31-26)20-8-6-18(7-9-20)17-34-14-11-21(12-15-34)27(29)33-30/h1-10,13,16,21H,11-12,14-15,17,30H2,(H2,29,33). The third-order valence-electron chi connectivity index (χ3n) is 6.57. The van der Waals surface area contributed by atoms with Crippen LogP contribution in [0.1, 0.15) is 18.4 Å². The lowest BCUT2D eigenvalue weighted by Crippen LogP contribution is -2.38. The molecule has 3 heterocycles. The molecule has 0 radical (unpaired) electrons. The van der Waals surface area contributed by atoms with E-state index in [1.165, 1.54) is 5.56 Å². The number of halogens is 1. The fraction of sp³-hybridized carbons (Fsp3) is 0.222. The van der Waals surface area contributed by atoms with Crippen LogP contribution in [0.2, 0.25) is 5.15 Å². The van der Waals surface area contributed by atoms with Gasteiger partial charge in [0.25, 0.3) is 0 Å². The van der Waals surface area contributed by atoms with Crippen molar-refractivity contribution >= 4 is 28.3 Å². The van der Waals surface area contributed by atoms with Crippen LogP contribution in [-0.2, 0) is 6.54 Å². The largest absolute Gasteiger partial charge is 0.386 e. The highest BCUT2D eigenvalue weighted by atomic mass is 35.5. The smallest absolute Gasteiger partial charge is 0.138 e. The molecule has 1 aliphatic heterocycles. The summed E-state index contributed by atoms with van der Waals surface area (Å²) in [6.07, 6.45) is 3.68. The highest BCUT2D eigenvalue weighted by molar-refractivity contribution is 6.34. The van der Waals surface area contributed by atoms with Crippen molar-refractivity contribution in [3.8, 4) is 22.4 Å². The van der Waals surface area contributed by atoms with Gasteiger partial charge in [-0.05, 0) is 49.2 Å². The Morgan fingerprint density at radius 3 is 2.44 bits per heavy atom. The maximum absolute atomic E-state index is 6.39. The summed E-state index contributed by atoms with van der Waals surface area (Å²) in [4.78, 5) is 11.7. The monoisotopic (exact) mass is 470 g/mol. The normalized spacial score (nSPS) is 15.6. The summed E-state index contributed by atoms with van der Waals surface area (Å²) in [5, 5.41) is 4.99. The van der Waals surface area contributed by atoms with Gasteiger partial charge in [-0.15, -0.1) is 0 Å². The van der Waals surface area contributed by atoms with Crippen molar-refractivity contribution in [1.82, 2.24) is 14.9 Å². The van der Waals surface area contributed by atoms with Crippen LogP contribution in [0.4, 0.5) is 0 Å². The first-order chi connectivity index (χ1) is 16.6. The molecule has 1 aliphatic rings. The first-order valence-corrected chi connectivity index (χ1v) is 11.9. The molecule has 0 amide bonds. The Labute approximate surface area is 204 Å². The predicted octanol–water partition coefficient (Wildman–Crippen LogP) is 5.06. The van der Waals surface area contributed by atoms with Crippen molar-refractivity contribution in [3.05, 3.63) is 83.6 Å². The van der Waals surface area contributed by atoms with Crippen LogP contribution in [0.3, 0.4) is 0 Å². The van der Waals surface area contributed by atoms with Gasteiger partial charge in [0.05, 0.1) is 11.2 Å². The molecule has 172 valence electrons. The molecule has 7 heteroatoms. The summed E-state index contributed by atoms with van der Waals surface area (Å²) in [7, 11) is 0. The van der Waals surface area contributed by atoms with Crippen molar-refractivity contribution in [2.75, 3.05) is 13.1 Å². The molecule has 5 rings (SSSR count). The maximum Gasteiger partial charge on any atom is 0.138 e. The van der Waals surface area contributed by atoms with Crippen molar-refractivity contribution in [3.63, 3.8) is 0 Å². The predicted molar refractivity (Wildman–Crippen MR) is 139 cm³/mol. The highest BCUT2D eigenvalue weighted by Crippen LogP contribution is 2.35. The van der Waals surface area contributed by atoms with Gasteiger partial charge in [0.15, 0.2) is 0 Å². The Hall–Kier alpha value is -3.48. The molecular weight excluding hydrogens is 444 g/mol. The van der Waals surface area contributed by atoms with Crippen LogP contribution in [0.25, 0.3) is 33.3 Å². The first-order valence-electron chi connectivity index (χ1n) is 11.5. The Morgan fingerprint density at radius 2 is 1.74 bits per heavy atom. The Morgan fingerprint density at radius 1 is 1.00 bits per heavy atom. The number of rotatable bonds is 5. The molecule has 0 bridgehead atoms. The van der Waals surface area contributed by atoms with Gasteiger partial charge in [0, 0.05) is 35.2 Å². The number of likely N-dealkylation sites (tertiary alicyclic amines) is 1. The van der Waals surface area contributed by atoms with Crippen molar-refractivity contribution in [2.45, 2.75) is 19.4 Å². The van der Waals surface area contributed by atoms with Crippen LogP contribution >= 0.6 is 11.6 Å². The van der Waals surface area contributed by atoms with Crippen LogP contribution in [-0.4, -0.2) is 33.8 Å². The molecule has 0 atom stereocenters. The molecule has 1 saturated heterocycles. The Balaban J connectivity index is 1.42. The highest BCUT2D eigenvalue weighted by Gasteiger charge is 2.22. The molecule has 4 N–H and O–H groups in total. The van der Waals surface area contributed by atoms with Gasteiger partial charge in [-0.2, -0.15) is 5.10 Å². The number of amidine groups is 1. The quantitative estimate of drug-likeness (QED) is 0.140. The number of fused-ring (bicyclic) bond motifs is 1. The number of aromatic nitrogens is 2. The van der Waals surface area contributed by atoms with Gasteiger partial charge >= 0.3 is 0 Å². The van der Waals surface area contributed by atoms with E-state index in [0.29, 0.717) is 16.9 Å². The minimum Gasteiger partial charge on any atom is -0.386 e. The minimum absolute atomic E-state index is 0.294. The van der Waals surface area contributed by atoms with E-state index >= 15 is 0 Å². The van der Waals surface area contributed by atoms with E-state index in [9.17, 15) is 0 Å². The molecule has 1 fully saturated rings. The summed E-state index contributed by atoms with van der Waals surface area (Å²) in [6.45, 7) is 2.88. The second kappa shape index (κ2) is 9.79. The third-order valence-corrected chi connectivity index (χ3v) is 6.87. The van der Waals surface area contributed by atoms with E-state index in [1.807, 2.05) is 24.3 Å². The van der Waals surface area contributed by atoms with E-state index < -0.39 is 0 Å². The fourth-order valence-corrected chi connectivity index (χ4v) is 4.85. The Kier molecular flexibility index (Phi) is 6.43. The molecule has 4 aromatic rings. The molecule has 2 aromatic heterocycles. The number of pyridine rings is 2. The van der Waals surface area contributed by atoms with Crippen LogP contribution in [0.5, 0.6) is 0 Å². The van der Waals surface area contributed by atoms with Crippen molar-refractivity contribution in [2.24, 2.45) is 22.6 Å². The third kappa shape index (κ3) is 4.60. The van der Waals surface area contributed by atoms with E-state index in [-0.39, 0.29) is 0 Å². The molecule has 2 aromatic carbocycles. The minimum atomic E-state index is 0.294. The summed E-state index contributed by atoms with van der Waals surface area (Å²) < 4.78 is 0. The topological polar surface area (TPSA) is 93.4 Å². The van der Waals surface area contributed by atoms with E-state index in [0.717, 1.165) is 65.8 Å². The van der Waals surface area contributed by atoms with Gasteiger partial charge in [0.1, 0.15) is 11.0 Å². The van der Waals surface area contributed by atoms with Crippen LogP contribution in [0.15, 0.2) is 78.0 Å². The van der Waals surface area contributed by atoms with Crippen LogP contribution < -0.4 is 11.6 Å². The number of nitrogens with two attached hydrogens (primary N) is 2. The fourth-order valence-electron chi connectivity index (χ4n) is 4.64. The molecule has 0 saturated carbocycles. The number of hydrogen-bond donors (Lipinski definition) is 2. The van der Waals surface area contributed by atoms with Gasteiger partial charge in [-0.1, -0.05) is 66.2 Å². The first kappa shape index (κ1) is 22.3. The van der Waals surface area contributed by atoms with Gasteiger partial charge in [-0.3, -0.25) is 4.90 Å². The van der Waals surface area contributed by atoms with Crippen molar-refractivity contribution in [1.29, 1.82) is 0 Å². The molecule has 6 nitrogen and oxygen atoms in total. The zero-order chi connectivity index (χ0) is 23.5. The molecule has 0 aliphatic carbocycles. The summed E-state index contributed by atoms with van der Waals surface area (Å²) >= 11 is 6.39. The average molecular weight is 471 g/mol. The van der Waals surface area contributed by atoms with Gasteiger partial charge < -0.3 is 11.6 Å². The number of hydrazone groups is 1. The molecular formula is C27H27ClN6. The summed E-state index contributed by atoms with van der Waals surface area (Å²) in [5.74, 6) is 6.21. The second-order valence-electron chi connectivity index (χ2n) is 8.72. The maximum atomic E-state index is 6.39. The lowest BCUT2D eigenvalue weighted by molar-refractivity contribution is 0.201. The number of nitrogens with zero attached hydrogens (tertiary/aromatic N) is 4. The lowest BCUT2D eigenvalue weighted by atomic mass is 9.95. The SMILES string of the molecule is N/N=C(\N)C1CCN(Cc2ccc(-c3nc4ccnc(Cl)c4cc3-c3ccccc3)cc2)CC1. The molecule has 0 unspecified atom stereocenters. The lowest BCUT2D eigenvalue weighted by Gasteiger charge is -2.31. The number of benzene rings is 2. The Bertz CT molecular complexity index is 1310. The molecule has 34 heavy (non-hydrogen) atoms. The number of piperidine rings is 1. The average Bonchev–Trinajstić information content (AvgIpc) is 2.89. The van der Waals surface area contributed by atoms with E-state index in [4.69, 9.17) is 28.2 Å². The van der Waals surface area contributed by atoms with E-state index in [2.05, 4.69) is 57.4 Å². The zero-order valence-corrected chi connectivity index (χ0v) is 19.6. The van der Waals surface area contributed by atoms with Gasteiger partial charge in [-0.25, -0.2) is 9.97 Å². The molecule has 0 spiro atoms. The van der Waals surface area contributed by atoms with Crippen LogP contribution in [0, 0.1) is 5.92 Å².